The molecule has 0 unspecified atom stereocenters. The summed E-state index contributed by atoms with van der Waals surface area (Å²) in [5.41, 5.74) is -0.117. The SMILES string of the molecule is CC(C)(C)C(=O)c1ccc(C(=O)O)[nH]1. The summed E-state index contributed by atoms with van der Waals surface area (Å²) >= 11 is 0. The van der Waals surface area contributed by atoms with E-state index >= 15 is 0 Å². The molecule has 0 radical (unpaired) electrons. The highest BCUT2D eigenvalue weighted by Gasteiger charge is 2.24. The van der Waals surface area contributed by atoms with Gasteiger partial charge < -0.3 is 10.1 Å². The van der Waals surface area contributed by atoms with Crippen LogP contribution in [0.5, 0.6) is 0 Å². The molecule has 1 aromatic heterocycles. The molecular weight excluding hydrogens is 182 g/mol. The van der Waals surface area contributed by atoms with Crippen molar-refractivity contribution in [3.63, 3.8) is 0 Å². The minimum atomic E-state index is -1.06. The number of carbonyl (C=O) groups is 2. The van der Waals surface area contributed by atoms with Gasteiger partial charge >= 0.3 is 5.97 Å². The zero-order valence-corrected chi connectivity index (χ0v) is 8.42. The van der Waals surface area contributed by atoms with E-state index in [-0.39, 0.29) is 11.5 Å². The van der Waals surface area contributed by atoms with Crippen molar-refractivity contribution in [2.45, 2.75) is 20.8 Å². The van der Waals surface area contributed by atoms with Crippen LogP contribution in [0.4, 0.5) is 0 Å². The normalized spacial score (nSPS) is 11.4. The second-order valence-electron chi connectivity index (χ2n) is 4.17. The average molecular weight is 195 g/mol. The minimum Gasteiger partial charge on any atom is -0.477 e. The van der Waals surface area contributed by atoms with Gasteiger partial charge in [0.05, 0.1) is 5.69 Å². The van der Waals surface area contributed by atoms with Gasteiger partial charge in [-0.25, -0.2) is 4.79 Å². The first-order valence-corrected chi connectivity index (χ1v) is 4.29. The van der Waals surface area contributed by atoms with Crippen LogP contribution in [0.25, 0.3) is 0 Å². The van der Waals surface area contributed by atoms with Gasteiger partial charge in [0.1, 0.15) is 5.69 Å². The number of nitrogens with one attached hydrogen (secondary N) is 1. The lowest BCUT2D eigenvalue weighted by molar-refractivity contribution is 0.0691. The zero-order valence-electron chi connectivity index (χ0n) is 8.42. The molecule has 0 aliphatic carbocycles. The fraction of sp³-hybridized carbons (Fsp3) is 0.400. The summed E-state index contributed by atoms with van der Waals surface area (Å²) < 4.78 is 0. The zero-order chi connectivity index (χ0) is 10.9. The van der Waals surface area contributed by atoms with Gasteiger partial charge in [-0.3, -0.25) is 4.79 Å². The van der Waals surface area contributed by atoms with Crippen molar-refractivity contribution in [2.75, 3.05) is 0 Å². The number of aromatic amines is 1. The molecule has 0 aliphatic rings. The number of carbonyl (C=O) groups excluding carboxylic acids is 1. The van der Waals surface area contributed by atoms with Crippen LogP contribution in [0.3, 0.4) is 0 Å². The molecule has 0 atom stereocenters. The number of Topliss-reactive ketones (excluding diaryl/α,β-unsaturated/α-hetero) is 1. The molecule has 0 amide bonds. The Morgan fingerprint density at radius 1 is 1.21 bits per heavy atom. The highest BCUT2D eigenvalue weighted by molar-refractivity contribution is 5.99. The van der Waals surface area contributed by atoms with Crippen LogP contribution in [-0.2, 0) is 0 Å². The van der Waals surface area contributed by atoms with Crippen LogP contribution in [0.15, 0.2) is 12.1 Å². The van der Waals surface area contributed by atoms with E-state index in [1.165, 1.54) is 12.1 Å². The Morgan fingerprint density at radius 3 is 2.07 bits per heavy atom. The number of ketones is 1. The molecule has 0 spiro atoms. The standard InChI is InChI=1S/C10H13NO3/c1-10(2,3)8(12)6-4-5-7(11-6)9(13)14/h4-5,11H,1-3H3,(H,13,14). The summed E-state index contributed by atoms with van der Waals surface area (Å²) in [6, 6.07) is 2.89. The van der Waals surface area contributed by atoms with Crippen molar-refractivity contribution in [3.8, 4) is 0 Å². The largest absolute Gasteiger partial charge is 0.477 e. The summed E-state index contributed by atoms with van der Waals surface area (Å²) in [7, 11) is 0. The summed E-state index contributed by atoms with van der Waals surface area (Å²) in [5, 5.41) is 8.64. The van der Waals surface area contributed by atoms with Gasteiger partial charge in [0.2, 0.25) is 0 Å². The van der Waals surface area contributed by atoms with E-state index < -0.39 is 11.4 Å². The highest BCUT2D eigenvalue weighted by atomic mass is 16.4. The molecule has 76 valence electrons. The molecule has 0 saturated carbocycles. The Morgan fingerprint density at radius 2 is 1.71 bits per heavy atom. The molecule has 14 heavy (non-hydrogen) atoms. The van der Waals surface area contributed by atoms with Crippen LogP contribution in [0.1, 0.15) is 41.7 Å². The third-order valence-corrected chi connectivity index (χ3v) is 1.84. The predicted octanol–water partition coefficient (Wildman–Crippen LogP) is 1.94. The topological polar surface area (TPSA) is 70.2 Å². The van der Waals surface area contributed by atoms with Gasteiger partial charge in [0.25, 0.3) is 0 Å². The van der Waals surface area contributed by atoms with Gasteiger partial charge in [0, 0.05) is 5.41 Å². The Balaban J connectivity index is 2.99. The van der Waals surface area contributed by atoms with Gasteiger partial charge in [-0.2, -0.15) is 0 Å². The van der Waals surface area contributed by atoms with E-state index in [0.29, 0.717) is 5.69 Å². The van der Waals surface area contributed by atoms with Gasteiger partial charge in [-0.15, -0.1) is 0 Å². The van der Waals surface area contributed by atoms with E-state index in [4.69, 9.17) is 5.11 Å². The van der Waals surface area contributed by atoms with Crippen LogP contribution in [-0.4, -0.2) is 21.8 Å². The third kappa shape index (κ3) is 2.02. The third-order valence-electron chi connectivity index (χ3n) is 1.84. The lowest BCUT2D eigenvalue weighted by Gasteiger charge is -2.14. The van der Waals surface area contributed by atoms with Crippen molar-refractivity contribution in [1.82, 2.24) is 4.98 Å². The fourth-order valence-electron chi connectivity index (χ4n) is 1.06. The molecule has 1 heterocycles. The molecule has 1 rings (SSSR count). The summed E-state index contributed by atoms with van der Waals surface area (Å²) in [5.74, 6) is -1.15. The number of hydrogen-bond donors (Lipinski definition) is 2. The molecule has 0 saturated heterocycles. The van der Waals surface area contributed by atoms with E-state index in [9.17, 15) is 9.59 Å². The Bertz CT molecular complexity index is 371. The number of carboxylic acid groups (broad SMARTS) is 1. The first-order chi connectivity index (χ1) is 6.32. The second kappa shape index (κ2) is 3.29. The highest BCUT2D eigenvalue weighted by Crippen LogP contribution is 2.20. The molecule has 0 aromatic carbocycles. The van der Waals surface area contributed by atoms with E-state index in [2.05, 4.69) is 4.98 Å². The van der Waals surface area contributed by atoms with Gasteiger partial charge in [-0.05, 0) is 12.1 Å². The van der Waals surface area contributed by atoms with Crippen LogP contribution < -0.4 is 0 Å². The van der Waals surface area contributed by atoms with Gasteiger partial charge in [0.15, 0.2) is 5.78 Å². The number of rotatable bonds is 2. The van der Waals surface area contributed by atoms with Gasteiger partial charge in [-0.1, -0.05) is 20.8 Å². The molecular formula is C10H13NO3. The first kappa shape index (κ1) is 10.5. The van der Waals surface area contributed by atoms with Crippen molar-refractivity contribution in [1.29, 1.82) is 0 Å². The average Bonchev–Trinajstić information content (AvgIpc) is 2.48. The van der Waals surface area contributed by atoms with E-state index in [0.717, 1.165) is 0 Å². The lowest BCUT2D eigenvalue weighted by Crippen LogP contribution is -2.20. The van der Waals surface area contributed by atoms with Crippen molar-refractivity contribution in [3.05, 3.63) is 23.5 Å². The number of aromatic carboxylic acids is 1. The van der Waals surface area contributed by atoms with Crippen molar-refractivity contribution in [2.24, 2.45) is 5.41 Å². The quantitative estimate of drug-likeness (QED) is 0.708. The smallest absolute Gasteiger partial charge is 0.352 e. The maximum absolute atomic E-state index is 11.7. The molecule has 2 N–H and O–H groups in total. The number of carboxylic acids is 1. The molecule has 4 nitrogen and oxygen atoms in total. The Labute approximate surface area is 81.9 Å². The first-order valence-electron chi connectivity index (χ1n) is 4.29. The number of H-pyrrole nitrogens is 1. The molecule has 0 bridgehead atoms. The molecule has 0 aliphatic heterocycles. The monoisotopic (exact) mass is 195 g/mol. The van der Waals surface area contributed by atoms with Crippen molar-refractivity contribution < 1.29 is 14.7 Å². The molecule has 0 fully saturated rings. The van der Waals surface area contributed by atoms with Crippen LogP contribution in [0.2, 0.25) is 0 Å². The Hall–Kier alpha value is -1.58. The summed E-state index contributed by atoms with van der Waals surface area (Å²) in [6.45, 7) is 5.36. The molecule has 4 heteroatoms. The lowest BCUT2D eigenvalue weighted by atomic mass is 9.89. The minimum absolute atomic E-state index is 0.0394. The summed E-state index contributed by atoms with van der Waals surface area (Å²) in [6.07, 6.45) is 0. The number of aromatic nitrogens is 1. The number of hydrogen-bond acceptors (Lipinski definition) is 2. The maximum Gasteiger partial charge on any atom is 0.352 e. The fourth-order valence-corrected chi connectivity index (χ4v) is 1.06. The summed E-state index contributed by atoms with van der Waals surface area (Å²) in [4.78, 5) is 24.8. The van der Waals surface area contributed by atoms with Crippen LogP contribution >= 0.6 is 0 Å². The van der Waals surface area contributed by atoms with Crippen molar-refractivity contribution >= 4 is 11.8 Å². The maximum atomic E-state index is 11.7. The van der Waals surface area contributed by atoms with E-state index in [1.54, 1.807) is 20.8 Å². The van der Waals surface area contributed by atoms with Crippen LogP contribution in [0, 0.1) is 5.41 Å². The van der Waals surface area contributed by atoms with E-state index in [1.807, 2.05) is 0 Å². The Kier molecular flexibility index (Phi) is 2.47. The molecule has 1 aromatic rings. The second-order valence-corrected chi connectivity index (χ2v) is 4.17. The predicted molar refractivity (Wildman–Crippen MR) is 51.5 cm³/mol.